The molecule has 200 valence electrons. The van der Waals surface area contributed by atoms with Crippen molar-refractivity contribution in [2.75, 3.05) is 36.9 Å². The zero-order chi connectivity index (χ0) is 26.3. The summed E-state index contributed by atoms with van der Waals surface area (Å²) in [5.74, 6) is 0.0193. The summed E-state index contributed by atoms with van der Waals surface area (Å²) in [6.45, 7) is 4.29. The number of anilines is 2. The summed E-state index contributed by atoms with van der Waals surface area (Å²) < 4.78 is 0. The second-order valence-electron chi connectivity index (χ2n) is 10.7. The number of nitrogens with one attached hydrogen (secondary N) is 3. The van der Waals surface area contributed by atoms with Gasteiger partial charge in [0.05, 0.1) is 5.52 Å². The van der Waals surface area contributed by atoms with E-state index < -0.39 is 0 Å². The van der Waals surface area contributed by atoms with E-state index in [9.17, 15) is 4.79 Å². The molecule has 2 aromatic heterocycles. The van der Waals surface area contributed by atoms with Gasteiger partial charge in [0, 0.05) is 73.2 Å². The first kappa shape index (κ1) is 26.1. The Hall–Kier alpha value is -3.54. The van der Waals surface area contributed by atoms with Gasteiger partial charge in [-0.05, 0) is 80.3 Å². The summed E-state index contributed by atoms with van der Waals surface area (Å²) in [5.41, 5.74) is 8.86. The number of aromatic nitrogens is 2. The second kappa shape index (κ2) is 12.3. The molecular formula is C32H41N5O. The molecule has 1 amide bonds. The van der Waals surface area contributed by atoms with Gasteiger partial charge in [-0.2, -0.15) is 0 Å². The van der Waals surface area contributed by atoms with E-state index in [0.717, 1.165) is 43.4 Å². The Morgan fingerprint density at radius 2 is 1.84 bits per heavy atom. The van der Waals surface area contributed by atoms with Crippen LogP contribution in [0.25, 0.3) is 21.8 Å². The van der Waals surface area contributed by atoms with Gasteiger partial charge in [0.15, 0.2) is 0 Å². The first-order valence-electron chi connectivity index (χ1n) is 14.3. The highest BCUT2D eigenvalue weighted by Crippen LogP contribution is 2.33. The number of carbonyl (C=O) groups is 1. The van der Waals surface area contributed by atoms with Gasteiger partial charge < -0.3 is 20.5 Å². The van der Waals surface area contributed by atoms with Gasteiger partial charge in [-0.15, -0.1) is 0 Å². The Morgan fingerprint density at radius 3 is 2.74 bits per heavy atom. The minimum Gasteiger partial charge on any atom is -0.384 e. The molecule has 2 heterocycles. The summed E-state index contributed by atoms with van der Waals surface area (Å²) in [7, 11) is 2.18. The normalized spacial score (nSPS) is 13.0. The van der Waals surface area contributed by atoms with Crippen molar-refractivity contribution < 1.29 is 4.79 Å². The lowest BCUT2D eigenvalue weighted by molar-refractivity contribution is -0.118. The first-order valence-corrected chi connectivity index (χ1v) is 14.3. The number of para-hydroxylation sites is 1. The quantitative estimate of drug-likeness (QED) is 0.193. The van der Waals surface area contributed by atoms with Crippen LogP contribution in [0, 0.1) is 0 Å². The fraction of sp³-hybridized carbons (Fsp3) is 0.438. The third-order valence-electron chi connectivity index (χ3n) is 7.85. The number of unbranched alkanes of at least 4 members (excludes halogenated alkanes) is 3. The van der Waals surface area contributed by atoms with Crippen LogP contribution in [0.1, 0.15) is 62.3 Å². The monoisotopic (exact) mass is 511 g/mol. The van der Waals surface area contributed by atoms with Crippen molar-refractivity contribution in [3.63, 3.8) is 0 Å². The maximum atomic E-state index is 11.2. The summed E-state index contributed by atoms with van der Waals surface area (Å²) in [4.78, 5) is 21.9. The molecule has 0 unspecified atom stereocenters. The zero-order valence-electron chi connectivity index (χ0n) is 22.9. The second-order valence-corrected chi connectivity index (χ2v) is 10.7. The Bertz CT molecular complexity index is 1390. The number of aryl methyl sites for hydroxylation is 1. The van der Waals surface area contributed by atoms with Gasteiger partial charge in [-0.3, -0.25) is 9.78 Å². The number of benzene rings is 2. The topological polar surface area (TPSA) is 73.1 Å². The molecular weight excluding hydrogens is 470 g/mol. The number of aromatic amines is 1. The van der Waals surface area contributed by atoms with Crippen LogP contribution in [0.5, 0.6) is 0 Å². The van der Waals surface area contributed by atoms with Gasteiger partial charge in [0.1, 0.15) is 0 Å². The molecule has 0 spiro atoms. The summed E-state index contributed by atoms with van der Waals surface area (Å²) in [5, 5.41) is 9.22. The van der Waals surface area contributed by atoms with Crippen LogP contribution in [0.15, 0.2) is 48.7 Å². The highest BCUT2D eigenvalue weighted by atomic mass is 16.1. The molecule has 1 aliphatic rings. The van der Waals surface area contributed by atoms with Crippen LogP contribution in [0.2, 0.25) is 0 Å². The van der Waals surface area contributed by atoms with Crippen molar-refractivity contribution in [2.24, 2.45) is 0 Å². The van der Waals surface area contributed by atoms with E-state index >= 15 is 0 Å². The Kier molecular flexibility index (Phi) is 8.47. The van der Waals surface area contributed by atoms with E-state index in [4.69, 9.17) is 4.98 Å². The maximum absolute atomic E-state index is 11.2. The molecule has 0 saturated heterocycles. The number of hydrogen-bond acceptors (Lipinski definition) is 4. The minimum atomic E-state index is 0.0193. The van der Waals surface area contributed by atoms with Gasteiger partial charge in [-0.25, -0.2) is 0 Å². The first-order chi connectivity index (χ1) is 18.6. The van der Waals surface area contributed by atoms with Crippen LogP contribution in [-0.4, -0.2) is 42.6 Å². The minimum absolute atomic E-state index is 0.0193. The molecule has 0 radical (unpaired) electrons. The van der Waals surface area contributed by atoms with Crippen molar-refractivity contribution in [3.8, 4) is 0 Å². The van der Waals surface area contributed by atoms with Crippen molar-refractivity contribution in [1.82, 2.24) is 15.3 Å². The smallest absolute Gasteiger partial charge is 0.216 e. The third-order valence-corrected chi connectivity index (χ3v) is 7.85. The highest BCUT2D eigenvalue weighted by molar-refractivity contribution is 5.93. The number of carbonyl (C=O) groups excluding carboxylic acids is 1. The summed E-state index contributed by atoms with van der Waals surface area (Å²) >= 11 is 0. The average molecular weight is 512 g/mol. The molecule has 38 heavy (non-hydrogen) atoms. The predicted octanol–water partition coefficient (Wildman–Crippen LogP) is 6.38. The number of fused-ring (bicyclic) bond motifs is 3. The number of amides is 1. The molecule has 4 aromatic rings. The molecule has 2 aromatic carbocycles. The largest absolute Gasteiger partial charge is 0.384 e. The van der Waals surface area contributed by atoms with Crippen LogP contribution < -0.4 is 15.5 Å². The molecule has 0 fully saturated rings. The number of pyridine rings is 1. The van der Waals surface area contributed by atoms with Crippen LogP contribution in [0.4, 0.5) is 11.4 Å². The third kappa shape index (κ3) is 6.12. The van der Waals surface area contributed by atoms with Crippen molar-refractivity contribution in [1.29, 1.82) is 0 Å². The number of H-pyrrole nitrogens is 1. The van der Waals surface area contributed by atoms with Crippen LogP contribution in [-0.2, 0) is 24.1 Å². The standard InChI is InChI=1S/C32H41N5O/c1-23(38)33-19-17-24-22-35-29-16-15-25(21-28(24)29)37(2)20-10-4-3-9-18-34-32-26-11-5-7-13-30(26)36-31-14-8-6-12-27(31)32/h5,7,11,13,15-16,21-22,35H,3-4,6,8-10,12,14,17-20H2,1-2H3,(H,33,38)(H,34,36). The molecule has 0 saturated carbocycles. The van der Waals surface area contributed by atoms with Crippen molar-refractivity contribution >= 4 is 39.1 Å². The fourth-order valence-electron chi connectivity index (χ4n) is 5.73. The Morgan fingerprint density at radius 1 is 1.00 bits per heavy atom. The van der Waals surface area contributed by atoms with Crippen LogP contribution >= 0.6 is 0 Å². The predicted molar refractivity (Wildman–Crippen MR) is 159 cm³/mol. The molecule has 0 bridgehead atoms. The summed E-state index contributed by atoms with van der Waals surface area (Å²) in [6, 6.07) is 15.2. The van der Waals surface area contributed by atoms with E-state index in [2.05, 4.69) is 76.2 Å². The highest BCUT2D eigenvalue weighted by Gasteiger charge is 2.17. The molecule has 1 aliphatic carbocycles. The zero-order valence-corrected chi connectivity index (χ0v) is 22.9. The number of nitrogens with zero attached hydrogens (tertiary/aromatic N) is 2. The fourth-order valence-corrected chi connectivity index (χ4v) is 5.73. The number of rotatable bonds is 12. The average Bonchev–Trinajstić information content (AvgIpc) is 3.33. The number of hydrogen-bond donors (Lipinski definition) is 3. The van der Waals surface area contributed by atoms with E-state index in [0.29, 0.717) is 6.54 Å². The van der Waals surface area contributed by atoms with E-state index in [1.54, 1.807) is 6.92 Å². The molecule has 0 atom stereocenters. The van der Waals surface area contributed by atoms with Gasteiger partial charge in [-0.1, -0.05) is 31.0 Å². The lowest BCUT2D eigenvalue weighted by Gasteiger charge is -2.22. The van der Waals surface area contributed by atoms with Crippen LogP contribution in [0.3, 0.4) is 0 Å². The molecule has 0 aliphatic heterocycles. The van der Waals surface area contributed by atoms with Gasteiger partial charge >= 0.3 is 0 Å². The maximum Gasteiger partial charge on any atom is 0.216 e. The summed E-state index contributed by atoms with van der Waals surface area (Å²) in [6.07, 6.45) is 12.5. The molecule has 6 nitrogen and oxygen atoms in total. The lowest BCUT2D eigenvalue weighted by atomic mass is 9.92. The van der Waals surface area contributed by atoms with E-state index in [-0.39, 0.29) is 5.91 Å². The molecule has 6 heteroatoms. The molecule has 3 N–H and O–H groups in total. The van der Waals surface area contributed by atoms with Crippen molar-refractivity contribution in [3.05, 3.63) is 65.5 Å². The van der Waals surface area contributed by atoms with Crippen molar-refractivity contribution in [2.45, 2.75) is 64.7 Å². The SMILES string of the molecule is CC(=O)NCCc1c[nH]c2ccc(N(C)CCCCCCNc3c4c(nc5ccccc35)CCCC4)cc12. The van der Waals surface area contributed by atoms with Gasteiger partial charge in [0.25, 0.3) is 0 Å². The van der Waals surface area contributed by atoms with E-state index in [1.165, 1.54) is 77.5 Å². The Balaban J connectivity index is 1.08. The van der Waals surface area contributed by atoms with E-state index in [1.807, 2.05) is 0 Å². The lowest BCUT2D eigenvalue weighted by Crippen LogP contribution is -2.22. The van der Waals surface area contributed by atoms with Gasteiger partial charge in [0.2, 0.25) is 5.91 Å². The Labute approximate surface area is 226 Å². The molecule has 5 rings (SSSR count).